The van der Waals surface area contributed by atoms with Crippen LogP contribution in [0.1, 0.15) is 46.1 Å². The second-order valence-electron chi connectivity index (χ2n) is 8.60. The Kier molecular flexibility index (Phi) is 9.27. The molecule has 190 valence electrons. The van der Waals surface area contributed by atoms with Gasteiger partial charge in [-0.15, -0.1) is 11.3 Å². The van der Waals surface area contributed by atoms with Gasteiger partial charge in [0.05, 0.1) is 12.0 Å². The Balaban J connectivity index is 1.73. The number of carbonyl (C=O) groups is 2. The van der Waals surface area contributed by atoms with Crippen molar-refractivity contribution < 1.29 is 19.4 Å². The van der Waals surface area contributed by atoms with E-state index in [0.717, 1.165) is 39.6 Å². The third-order valence-electron chi connectivity index (χ3n) is 6.08. The molecule has 1 atom stereocenters. The largest absolute Gasteiger partial charge is 0.504 e. The summed E-state index contributed by atoms with van der Waals surface area (Å²) < 4.78 is 6.02. The molecule has 0 spiro atoms. The lowest BCUT2D eigenvalue weighted by atomic mass is 10.0. The monoisotopic (exact) mass is 507 g/mol. The number of amides is 2. The van der Waals surface area contributed by atoms with Crippen LogP contribution in [0.4, 0.5) is 0 Å². The van der Waals surface area contributed by atoms with E-state index in [1.165, 1.54) is 18.4 Å². The van der Waals surface area contributed by atoms with Gasteiger partial charge in [0.2, 0.25) is 6.41 Å². The number of ether oxygens (including phenoxy) is 1. The molecule has 2 amide bonds. The first kappa shape index (κ1) is 27.0. The molecule has 3 N–H and O–H groups in total. The number of rotatable bonds is 13. The zero-order chi connectivity index (χ0) is 26.2. The van der Waals surface area contributed by atoms with E-state index in [-0.39, 0.29) is 17.7 Å². The first-order chi connectivity index (χ1) is 17.3. The van der Waals surface area contributed by atoms with Crippen LogP contribution >= 0.6 is 11.3 Å². The fraction of sp³-hybridized carbons (Fsp3) is 0.286. The number of benzene rings is 2. The highest BCUT2D eigenvalue weighted by Gasteiger charge is 2.19. The van der Waals surface area contributed by atoms with Gasteiger partial charge < -0.3 is 20.5 Å². The molecular formula is C28H33N3O4S. The van der Waals surface area contributed by atoms with Crippen LogP contribution in [0.5, 0.6) is 11.5 Å². The number of thiophene rings is 1. The third kappa shape index (κ3) is 6.33. The highest BCUT2D eigenvalue weighted by atomic mass is 32.1. The molecule has 0 bridgehead atoms. The molecule has 7 nitrogen and oxygen atoms in total. The highest BCUT2D eigenvalue weighted by molar-refractivity contribution is 7.20. The van der Waals surface area contributed by atoms with E-state index < -0.39 is 0 Å². The second-order valence-corrected chi connectivity index (χ2v) is 9.68. The molecule has 1 aromatic heterocycles. The normalized spacial score (nSPS) is 11.8. The van der Waals surface area contributed by atoms with Gasteiger partial charge in [0.25, 0.3) is 5.91 Å². The average molecular weight is 508 g/mol. The van der Waals surface area contributed by atoms with Crippen molar-refractivity contribution in [2.45, 2.75) is 38.9 Å². The van der Waals surface area contributed by atoms with Crippen LogP contribution in [0, 0.1) is 0 Å². The van der Waals surface area contributed by atoms with Crippen LogP contribution in [0.3, 0.4) is 0 Å². The minimum atomic E-state index is -0.180. The van der Waals surface area contributed by atoms with Gasteiger partial charge in [-0.1, -0.05) is 50.8 Å². The molecule has 1 unspecified atom stereocenters. The molecule has 0 aliphatic rings. The van der Waals surface area contributed by atoms with Crippen molar-refractivity contribution in [1.82, 2.24) is 15.5 Å². The maximum atomic E-state index is 12.8. The lowest BCUT2D eigenvalue weighted by Crippen LogP contribution is -2.37. The molecule has 0 aliphatic carbocycles. The van der Waals surface area contributed by atoms with E-state index in [9.17, 15) is 14.7 Å². The summed E-state index contributed by atoms with van der Waals surface area (Å²) in [6.07, 6.45) is 4.31. The van der Waals surface area contributed by atoms with Crippen LogP contribution in [0.2, 0.25) is 0 Å². The standard InChI is InChI=1S/C28H33N3O4S/c1-6-8-23(18(3)30-17-32)31(4)16-22-11-19(9-10-20(22)7-2)15-29-28(34)27-13-21-12-24(33)25(35-5)14-26(21)36-27/h7,9-14,17,23,33H,2-3,6,8,15-16H2,1,4-5H3,(H,29,34)(H,30,32). The summed E-state index contributed by atoms with van der Waals surface area (Å²) in [6.45, 7) is 11.1. The quantitative estimate of drug-likeness (QED) is 0.282. The summed E-state index contributed by atoms with van der Waals surface area (Å²) in [5.74, 6) is 0.240. The molecular weight excluding hydrogens is 474 g/mol. The number of carbonyl (C=O) groups excluding carboxylic acids is 2. The lowest BCUT2D eigenvalue weighted by molar-refractivity contribution is -0.109. The van der Waals surface area contributed by atoms with E-state index >= 15 is 0 Å². The summed E-state index contributed by atoms with van der Waals surface area (Å²) in [6, 6.07) is 11.2. The predicted molar refractivity (Wildman–Crippen MR) is 146 cm³/mol. The second kappa shape index (κ2) is 12.4. The lowest BCUT2D eigenvalue weighted by Gasteiger charge is -2.30. The van der Waals surface area contributed by atoms with Crippen molar-refractivity contribution in [3.63, 3.8) is 0 Å². The number of nitrogens with zero attached hydrogens (tertiary/aromatic N) is 1. The molecule has 3 aromatic rings. The average Bonchev–Trinajstić information content (AvgIpc) is 3.28. The Labute approximate surface area is 216 Å². The van der Waals surface area contributed by atoms with E-state index in [0.29, 0.717) is 35.8 Å². The fourth-order valence-electron chi connectivity index (χ4n) is 4.19. The SMILES string of the molecule is C=Cc1ccc(CNC(=O)c2cc3cc(O)c(OC)cc3s2)cc1CN(C)C(CCC)C(=C)NC=O. The number of phenolic OH excluding ortho intramolecular Hbond substituents is 1. The van der Waals surface area contributed by atoms with Crippen LogP contribution in [-0.2, 0) is 17.9 Å². The van der Waals surface area contributed by atoms with Crippen LogP contribution in [0.25, 0.3) is 16.2 Å². The number of fused-ring (bicyclic) bond motifs is 1. The number of hydrogen-bond donors (Lipinski definition) is 3. The molecule has 0 saturated carbocycles. The van der Waals surface area contributed by atoms with Crippen molar-refractivity contribution in [3.8, 4) is 11.5 Å². The van der Waals surface area contributed by atoms with Gasteiger partial charge in [-0.05, 0) is 47.7 Å². The van der Waals surface area contributed by atoms with Gasteiger partial charge in [-0.25, -0.2) is 0 Å². The highest BCUT2D eigenvalue weighted by Crippen LogP contribution is 2.35. The van der Waals surface area contributed by atoms with Crippen molar-refractivity contribution >= 4 is 39.8 Å². The number of methoxy groups -OCH3 is 1. The van der Waals surface area contributed by atoms with Crippen LogP contribution in [-0.4, -0.2) is 42.5 Å². The molecule has 2 aromatic carbocycles. The van der Waals surface area contributed by atoms with Crippen molar-refractivity contribution in [2.75, 3.05) is 14.2 Å². The van der Waals surface area contributed by atoms with Gasteiger partial charge >= 0.3 is 0 Å². The molecule has 0 radical (unpaired) electrons. The van der Waals surface area contributed by atoms with Gasteiger partial charge in [0, 0.05) is 35.6 Å². The smallest absolute Gasteiger partial charge is 0.261 e. The molecule has 3 rings (SSSR count). The summed E-state index contributed by atoms with van der Waals surface area (Å²) in [5.41, 5.74) is 3.73. The van der Waals surface area contributed by atoms with Crippen molar-refractivity contribution in [1.29, 1.82) is 0 Å². The summed E-state index contributed by atoms with van der Waals surface area (Å²) in [4.78, 5) is 26.5. The minimum absolute atomic E-state index is 0.00671. The number of phenols is 1. The Morgan fingerprint density at radius 1 is 1.28 bits per heavy atom. The van der Waals surface area contributed by atoms with E-state index in [1.54, 1.807) is 18.2 Å². The predicted octanol–water partition coefficient (Wildman–Crippen LogP) is 5.05. The number of aromatic hydroxyl groups is 1. The maximum absolute atomic E-state index is 12.8. The van der Waals surface area contributed by atoms with Crippen molar-refractivity contribution in [2.24, 2.45) is 0 Å². The van der Waals surface area contributed by atoms with E-state index in [4.69, 9.17) is 4.74 Å². The van der Waals surface area contributed by atoms with Gasteiger partial charge in [0.15, 0.2) is 11.5 Å². The van der Waals surface area contributed by atoms with Gasteiger partial charge in [-0.2, -0.15) is 0 Å². The molecule has 0 saturated heterocycles. The molecule has 0 fully saturated rings. The molecule has 8 heteroatoms. The molecule has 1 heterocycles. The number of hydrogen-bond acceptors (Lipinski definition) is 6. The molecule has 0 aliphatic heterocycles. The number of nitrogens with one attached hydrogen (secondary N) is 2. The first-order valence-electron chi connectivity index (χ1n) is 11.7. The van der Waals surface area contributed by atoms with E-state index in [2.05, 4.69) is 41.7 Å². The molecule has 36 heavy (non-hydrogen) atoms. The number of likely N-dealkylation sites (N-methyl/N-ethyl adjacent to an activating group) is 1. The first-order valence-corrected chi connectivity index (χ1v) is 12.5. The summed E-state index contributed by atoms with van der Waals surface area (Å²) in [7, 11) is 3.50. The maximum Gasteiger partial charge on any atom is 0.261 e. The van der Waals surface area contributed by atoms with Gasteiger partial charge in [0.1, 0.15) is 0 Å². The Hall–Kier alpha value is -3.62. The Morgan fingerprint density at radius 2 is 2.06 bits per heavy atom. The zero-order valence-corrected chi connectivity index (χ0v) is 21.8. The van der Waals surface area contributed by atoms with Crippen molar-refractivity contribution in [3.05, 3.63) is 76.8 Å². The van der Waals surface area contributed by atoms with E-state index in [1.807, 2.05) is 25.3 Å². The van der Waals surface area contributed by atoms with Crippen LogP contribution in [0.15, 0.2) is 55.3 Å². The summed E-state index contributed by atoms with van der Waals surface area (Å²) >= 11 is 1.35. The van der Waals surface area contributed by atoms with Gasteiger partial charge in [-0.3, -0.25) is 14.5 Å². The zero-order valence-electron chi connectivity index (χ0n) is 21.0. The van der Waals surface area contributed by atoms with Crippen LogP contribution < -0.4 is 15.4 Å². The topological polar surface area (TPSA) is 90.9 Å². The Morgan fingerprint density at radius 3 is 2.72 bits per heavy atom. The fourth-order valence-corrected chi connectivity index (χ4v) is 5.18. The summed E-state index contributed by atoms with van der Waals surface area (Å²) in [5, 5.41) is 16.5. The Bertz CT molecular complexity index is 1270. The third-order valence-corrected chi connectivity index (χ3v) is 7.18. The minimum Gasteiger partial charge on any atom is -0.504 e.